The minimum absolute atomic E-state index is 0.187. The van der Waals surface area contributed by atoms with Crippen LogP contribution in [0.4, 0.5) is 11.5 Å². The fraction of sp³-hybridized carbons (Fsp3) is 0.214. The maximum Gasteiger partial charge on any atom is 0.129 e. The average molecular weight is 227 g/mol. The van der Waals surface area contributed by atoms with Crippen LogP contribution < -0.4 is 11.1 Å². The van der Waals surface area contributed by atoms with Crippen molar-refractivity contribution in [1.29, 1.82) is 0 Å². The van der Waals surface area contributed by atoms with E-state index in [0.29, 0.717) is 0 Å². The van der Waals surface area contributed by atoms with Crippen LogP contribution >= 0.6 is 0 Å². The monoisotopic (exact) mass is 227 g/mol. The molecule has 1 atom stereocenters. The summed E-state index contributed by atoms with van der Waals surface area (Å²) in [5, 5.41) is 3.39. The molecule has 2 aromatic rings. The first-order valence-electron chi connectivity index (χ1n) is 5.70. The summed E-state index contributed by atoms with van der Waals surface area (Å²) in [6.45, 7) is 4.14. The Morgan fingerprint density at radius 1 is 1.24 bits per heavy atom. The normalized spacial score (nSPS) is 12.1. The summed E-state index contributed by atoms with van der Waals surface area (Å²) in [6, 6.07) is 12.1. The quantitative estimate of drug-likeness (QED) is 0.792. The SMILES string of the molecule is Cc1cccnc1NC(C)c1cccc(N)c1. The number of hydrogen-bond acceptors (Lipinski definition) is 3. The smallest absolute Gasteiger partial charge is 0.129 e. The second-order valence-electron chi connectivity index (χ2n) is 4.21. The van der Waals surface area contributed by atoms with Gasteiger partial charge in [-0.15, -0.1) is 0 Å². The number of benzene rings is 1. The molecule has 0 aliphatic rings. The lowest BCUT2D eigenvalue weighted by Gasteiger charge is -2.16. The number of aryl methyl sites for hydroxylation is 1. The summed E-state index contributed by atoms with van der Waals surface area (Å²) in [5.41, 5.74) is 8.87. The number of nitrogens with one attached hydrogen (secondary N) is 1. The van der Waals surface area contributed by atoms with Crippen LogP contribution in [0.15, 0.2) is 42.6 Å². The van der Waals surface area contributed by atoms with Crippen molar-refractivity contribution >= 4 is 11.5 Å². The Morgan fingerprint density at radius 2 is 2.06 bits per heavy atom. The van der Waals surface area contributed by atoms with Gasteiger partial charge in [-0.2, -0.15) is 0 Å². The second-order valence-corrected chi connectivity index (χ2v) is 4.21. The molecule has 3 nitrogen and oxygen atoms in total. The molecule has 88 valence electrons. The molecule has 0 radical (unpaired) electrons. The Bertz CT molecular complexity index is 508. The molecule has 0 aliphatic heterocycles. The third kappa shape index (κ3) is 2.75. The molecule has 2 rings (SSSR count). The van der Waals surface area contributed by atoms with Crippen LogP contribution in [0, 0.1) is 6.92 Å². The average Bonchev–Trinajstić information content (AvgIpc) is 2.32. The number of rotatable bonds is 3. The highest BCUT2D eigenvalue weighted by Crippen LogP contribution is 2.21. The van der Waals surface area contributed by atoms with E-state index in [1.807, 2.05) is 37.3 Å². The Morgan fingerprint density at radius 3 is 2.76 bits per heavy atom. The molecule has 0 bridgehead atoms. The van der Waals surface area contributed by atoms with E-state index in [1.165, 1.54) is 0 Å². The van der Waals surface area contributed by atoms with Gasteiger partial charge in [0.15, 0.2) is 0 Å². The predicted molar refractivity (Wildman–Crippen MR) is 71.9 cm³/mol. The number of pyridine rings is 1. The minimum Gasteiger partial charge on any atom is -0.399 e. The third-order valence-corrected chi connectivity index (χ3v) is 2.77. The van der Waals surface area contributed by atoms with Crippen molar-refractivity contribution in [2.75, 3.05) is 11.1 Å². The third-order valence-electron chi connectivity index (χ3n) is 2.77. The van der Waals surface area contributed by atoms with Gasteiger partial charge in [-0.1, -0.05) is 18.2 Å². The minimum atomic E-state index is 0.187. The summed E-state index contributed by atoms with van der Waals surface area (Å²) in [7, 11) is 0. The standard InChI is InChI=1S/C14H17N3/c1-10-5-4-8-16-14(10)17-11(2)12-6-3-7-13(15)9-12/h3-9,11H,15H2,1-2H3,(H,16,17). The van der Waals surface area contributed by atoms with Gasteiger partial charge in [0.1, 0.15) is 5.82 Å². The highest BCUT2D eigenvalue weighted by molar-refractivity contribution is 5.47. The number of nitrogens with zero attached hydrogens (tertiary/aromatic N) is 1. The van der Waals surface area contributed by atoms with Gasteiger partial charge in [-0.05, 0) is 43.2 Å². The Hall–Kier alpha value is -2.03. The Labute approximate surface area is 102 Å². The summed E-state index contributed by atoms with van der Waals surface area (Å²) in [6.07, 6.45) is 1.79. The number of hydrogen-bond donors (Lipinski definition) is 2. The Kier molecular flexibility index (Phi) is 3.28. The zero-order valence-corrected chi connectivity index (χ0v) is 10.1. The van der Waals surface area contributed by atoms with E-state index < -0.39 is 0 Å². The number of anilines is 2. The molecular formula is C14H17N3. The van der Waals surface area contributed by atoms with Gasteiger partial charge in [0, 0.05) is 11.9 Å². The van der Waals surface area contributed by atoms with Gasteiger partial charge >= 0.3 is 0 Å². The van der Waals surface area contributed by atoms with Crippen LogP contribution in [-0.2, 0) is 0 Å². The first kappa shape index (κ1) is 11.5. The molecule has 1 aromatic carbocycles. The second kappa shape index (κ2) is 4.87. The largest absolute Gasteiger partial charge is 0.399 e. The highest BCUT2D eigenvalue weighted by Gasteiger charge is 2.07. The number of nitrogens with two attached hydrogens (primary N) is 1. The van der Waals surface area contributed by atoms with Crippen LogP contribution in [0.2, 0.25) is 0 Å². The van der Waals surface area contributed by atoms with Gasteiger partial charge in [0.2, 0.25) is 0 Å². The van der Waals surface area contributed by atoms with Crippen molar-refractivity contribution in [2.45, 2.75) is 19.9 Å². The molecule has 0 fully saturated rings. The molecule has 1 unspecified atom stereocenters. The van der Waals surface area contributed by atoms with Crippen molar-refractivity contribution in [3.05, 3.63) is 53.7 Å². The fourth-order valence-electron chi connectivity index (χ4n) is 1.75. The van der Waals surface area contributed by atoms with Gasteiger partial charge in [-0.3, -0.25) is 0 Å². The van der Waals surface area contributed by atoms with Crippen molar-refractivity contribution in [1.82, 2.24) is 4.98 Å². The van der Waals surface area contributed by atoms with Crippen LogP contribution in [0.25, 0.3) is 0 Å². The lowest BCUT2D eigenvalue weighted by Crippen LogP contribution is -2.09. The van der Waals surface area contributed by atoms with E-state index >= 15 is 0 Å². The first-order valence-corrected chi connectivity index (χ1v) is 5.70. The molecule has 0 spiro atoms. The topological polar surface area (TPSA) is 50.9 Å². The lowest BCUT2D eigenvalue weighted by atomic mass is 10.1. The molecule has 0 saturated carbocycles. The molecule has 17 heavy (non-hydrogen) atoms. The maximum atomic E-state index is 5.78. The summed E-state index contributed by atoms with van der Waals surface area (Å²) in [5.74, 6) is 0.919. The van der Waals surface area contributed by atoms with Crippen molar-refractivity contribution < 1.29 is 0 Å². The number of nitrogen functional groups attached to an aromatic ring is 1. The fourth-order valence-corrected chi connectivity index (χ4v) is 1.75. The van der Waals surface area contributed by atoms with E-state index in [2.05, 4.69) is 23.3 Å². The zero-order valence-electron chi connectivity index (χ0n) is 10.1. The van der Waals surface area contributed by atoms with E-state index in [-0.39, 0.29) is 6.04 Å². The first-order chi connectivity index (χ1) is 8.16. The van der Waals surface area contributed by atoms with Crippen molar-refractivity contribution in [2.24, 2.45) is 0 Å². The van der Waals surface area contributed by atoms with Crippen molar-refractivity contribution in [3.8, 4) is 0 Å². The molecule has 3 N–H and O–H groups in total. The predicted octanol–water partition coefficient (Wildman–Crippen LogP) is 3.15. The zero-order chi connectivity index (χ0) is 12.3. The van der Waals surface area contributed by atoms with E-state index in [0.717, 1.165) is 22.6 Å². The summed E-state index contributed by atoms with van der Waals surface area (Å²) < 4.78 is 0. The van der Waals surface area contributed by atoms with Crippen LogP contribution in [-0.4, -0.2) is 4.98 Å². The molecule has 1 heterocycles. The highest BCUT2D eigenvalue weighted by atomic mass is 15.0. The van der Waals surface area contributed by atoms with Crippen LogP contribution in [0.5, 0.6) is 0 Å². The Balaban J connectivity index is 2.17. The van der Waals surface area contributed by atoms with E-state index in [1.54, 1.807) is 6.20 Å². The van der Waals surface area contributed by atoms with Gasteiger partial charge in [0.05, 0.1) is 6.04 Å². The number of aromatic nitrogens is 1. The van der Waals surface area contributed by atoms with Gasteiger partial charge in [-0.25, -0.2) is 4.98 Å². The molecular weight excluding hydrogens is 210 g/mol. The summed E-state index contributed by atoms with van der Waals surface area (Å²) >= 11 is 0. The van der Waals surface area contributed by atoms with Gasteiger partial charge in [0.25, 0.3) is 0 Å². The van der Waals surface area contributed by atoms with E-state index in [4.69, 9.17) is 5.73 Å². The molecule has 0 saturated heterocycles. The molecule has 0 amide bonds. The molecule has 1 aromatic heterocycles. The lowest BCUT2D eigenvalue weighted by molar-refractivity contribution is 0.872. The molecule has 0 aliphatic carbocycles. The van der Waals surface area contributed by atoms with Crippen LogP contribution in [0.1, 0.15) is 24.1 Å². The molecule has 3 heteroatoms. The van der Waals surface area contributed by atoms with E-state index in [9.17, 15) is 0 Å². The maximum absolute atomic E-state index is 5.78. The summed E-state index contributed by atoms with van der Waals surface area (Å²) in [4.78, 5) is 4.32. The van der Waals surface area contributed by atoms with Crippen molar-refractivity contribution in [3.63, 3.8) is 0 Å². The van der Waals surface area contributed by atoms with Gasteiger partial charge < -0.3 is 11.1 Å². The van der Waals surface area contributed by atoms with Crippen LogP contribution in [0.3, 0.4) is 0 Å².